The predicted molar refractivity (Wildman–Crippen MR) is 81.7 cm³/mol. The zero-order valence-electron chi connectivity index (χ0n) is 12.2. The van der Waals surface area contributed by atoms with Crippen molar-refractivity contribution in [1.82, 2.24) is 0 Å². The molecule has 1 N–H and O–H groups in total. The number of hydrogen-bond acceptors (Lipinski definition) is 1. The summed E-state index contributed by atoms with van der Waals surface area (Å²) in [6, 6.07) is 0. The fourth-order valence-corrected chi connectivity index (χ4v) is 3.06. The number of rotatable bonds is 10. The predicted octanol–water partition coefficient (Wildman–Crippen LogP) is 5.19. The summed E-state index contributed by atoms with van der Waals surface area (Å²) in [6.07, 6.45) is 6.15. The third kappa shape index (κ3) is 7.03. The lowest BCUT2D eigenvalue weighted by molar-refractivity contribution is 0.361. The minimum atomic E-state index is -0.0891. The van der Waals surface area contributed by atoms with E-state index in [1.165, 1.54) is 31.3 Å². The van der Waals surface area contributed by atoms with Gasteiger partial charge < -0.3 is 0 Å². The summed E-state index contributed by atoms with van der Waals surface area (Å²) in [5.41, 5.74) is 1.43. The fraction of sp³-hybridized carbons (Fsp3) is 0.867. The maximum atomic E-state index is 7.76. The molecule has 0 aliphatic rings. The minimum Gasteiger partial charge on any atom is -0.280 e. The first-order valence-electron chi connectivity index (χ1n) is 7.13. The molecular weight excluding hydrogens is 226 g/mol. The first kappa shape index (κ1) is 16.9. The average Bonchev–Trinajstić information content (AvgIpc) is 2.36. The number of unbranched alkanes of at least 4 members (excludes halogenated alkanes) is 1. The monoisotopic (exact) mass is 257 g/mol. The molecule has 0 radical (unpaired) electrons. The maximum Gasteiger partial charge on any atom is 0.00384 e. The highest BCUT2D eigenvalue weighted by molar-refractivity contribution is 7.85. The van der Waals surface area contributed by atoms with Gasteiger partial charge in [-0.3, -0.25) is 4.78 Å². The van der Waals surface area contributed by atoms with E-state index in [-0.39, 0.29) is 10.7 Å². The molecule has 0 bridgehead atoms. The average molecular weight is 257 g/mol. The van der Waals surface area contributed by atoms with E-state index < -0.39 is 0 Å². The van der Waals surface area contributed by atoms with E-state index in [0.29, 0.717) is 5.92 Å². The maximum absolute atomic E-state index is 7.76. The molecule has 0 rings (SSSR count). The number of hydrogen-bond donors (Lipinski definition) is 1. The van der Waals surface area contributed by atoms with Crippen LogP contribution in [0.5, 0.6) is 0 Å². The molecule has 0 saturated heterocycles. The Kier molecular flexibility index (Phi) is 9.81. The van der Waals surface area contributed by atoms with Gasteiger partial charge in [0.2, 0.25) is 0 Å². The van der Waals surface area contributed by atoms with Gasteiger partial charge in [-0.15, -0.1) is 10.7 Å². The van der Waals surface area contributed by atoms with Crippen LogP contribution in [0.1, 0.15) is 59.8 Å². The highest BCUT2D eigenvalue weighted by Crippen LogP contribution is 2.29. The largest absolute Gasteiger partial charge is 0.280 e. The van der Waals surface area contributed by atoms with Crippen molar-refractivity contribution < 1.29 is 0 Å². The van der Waals surface area contributed by atoms with Gasteiger partial charge >= 0.3 is 0 Å². The van der Waals surface area contributed by atoms with Gasteiger partial charge in [0.25, 0.3) is 0 Å². The van der Waals surface area contributed by atoms with E-state index in [1.54, 1.807) is 0 Å². The third-order valence-electron chi connectivity index (χ3n) is 3.81. The van der Waals surface area contributed by atoms with Gasteiger partial charge in [0.15, 0.2) is 0 Å². The van der Waals surface area contributed by atoms with Crippen molar-refractivity contribution in [1.29, 1.82) is 4.78 Å². The van der Waals surface area contributed by atoms with Crippen LogP contribution in [-0.4, -0.2) is 11.5 Å². The lowest BCUT2D eigenvalue weighted by Crippen LogP contribution is -2.13. The molecular formula is C15H31NS. The fourth-order valence-electron chi connectivity index (χ4n) is 2.22. The van der Waals surface area contributed by atoms with E-state index >= 15 is 0 Å². The molecule has 102 valence electrons. The number of nitrogens with one attached hydrogen (secondary N) is 1. The van der Waals surface area contributed by atoms with Gasteiger partial charge in [-0.1, -0.05) is 52.7 Å². The molecule has 0 saturated carbocycles. The van der Waals surface area contributed by atoms with Gasteiger partial charge in [0.05, 0.1) is 0 Å². The molecule has 0 aliphatic carbocycles. The SMILES string of the molecule is C=C(CC)C(CCCCS(=N)CC)C(C)CC. The van der Waals surface area contributed by atoms with Crippen LogP contribution < -0.4 is 0 Å². The van der Waals surface area contributed by atoms with Crippen LogP contribution in [0.15, 0.2) is 12.2 Å². The van der Waals surface area contributed by atoms with E-state index in [2.05, 4.69) is 34.3 Å². The molecule has 0 aromatic heterocycles. The summed E-state index contributed by atoms with van der Waals surface area (Å²) in [4.78, 5) is 0. The first-order chi connectivity index (χ1) is 8.06. The molecule has 2 heteroatoms. The number of allylic oxidation sites excluding steroid dienone is 1. The molecule has 0 fully saturated rings. The zero-order chi connectivity index (χ0) is 13.3. The second kappa shape index (κ2) is 9.87. The Morgan fingerprint density at radius 3 is 2.35 bits per heavy atom. The molecule has 3 unspecified atom stereocenters. The lowest BCUT2D eigenvalue weighted by atomic mass is 9.81. The van der Waals surface area contributed by atoms with E-state index in [1.807, 2.05) is 0 Å². The van der Waals surface area contributed by atoms with E-state index in [0.717, 1.165) is 23.8 Å². The van der Waals surface area contributed by atoms with Crippen LogP contribution >= 0.6 is 0 Å². The molecule has 3 atom stereocenters. The molecule has 0 aromatic carbocycles. The standard InChI is InChI=1S/C15H31NS/c1-6-13(4)15(14(5)7-2)11-9-10-12-17(16)8-3/h14-16H,4,6-12H2,1-3,5H3. The van der Waals surface area contributed by atoms with Crippen molar-refractivity contribution in [2.45, 2.75) is 59.8 Å². The van der Waals surface area contributed by atoms with Gasteiger partial charge in [0, 0.05) is 11.5 Å². The van der Waals surface area contributed by atoms with Crippen molar-refractivity contribution in [2.75, 3.05) is 11.5 Å². The summed E-state index contributed by atoms with van der Waals surface area (Å²) < 4.78 is 7.76. The summed E-state index contributed by atoms with van der Waals surface area (Å²) in [7, 11) is -0.0891. The van der Waals surface area contributed by atoms with Gasteiger partial charge in [0.1, 0.15) is 0 Å². The molecule has 0 aromatic rings. The van der Waals surface area contributed by atoms with Crippen molar-refractivity contribution in [3.05, 3.63) is 12.2 Å². The highest BCUT2D eigenvalue weighted by Gasteiger charge is 2.17. The lowest BCUT2D eigenvalue weighted by Gasteiger charge is -2.24. The summed E-state index contributed by atoms with van der Waals surface area (Å²) in [6.45, 7) is 13.2. The Bertz CT molecular complexity index is 235. The van der Waals surface area contributed by atoms with Crippen molar-refractivity contribution in [3.63, 3.8) is 0 Å². The smallest absolute Gasteiger partial charge is 0.00384 e. The molecule has 17 heavy (non-hydrogen) atoms. The van der Waals surface area contributed by atoms with Crippen LogP contribution in [0.25, 0.3) is 0 Å². The highest BCUT2D eigenvalue weighted by atomic mass is 32.2. The van der Waals surface area contributed by atoms with Crippen molar-refractivity contribution >= 4 is 10.7 Å². The van der Waals surface area contributed by atoms with Crippen LogP contribution in [0.4, 0.5) is 0 Å². The Hall–Kier alpha value is -0.110. The van der Waals surface area contributed by atoms with E-state index in [4.69, 9.17) is 4.78 Å². The van der Waals surface area contributed by atoms with Crippen LogP contribution in [0, 0.1) is 16.6 Å². The summed E-state index contributed by atoms with van der Waals surface area (Å²) in [5, 5.41) is 0. The molecule has 0 amide bonds. The Balaban J connectivity index is 4.00. The quantitative estimate of drug-likeness (QED) is 0.411. The van der Waals surface area contributed by atoms with Crippen LogP contribution in [0.3, 0.4) is 0 Å². The third-order valence-corrected chi connectivity index (χ3v) is 5.29. The first-order valence-corrected chi connectivity index (χ1v) is 8.69. The second-order valence-electron chi connectivity index (χ2n) is 4.99. The van der Waals surface area contributed by atoms with E-state index in [9.17, 15) is 0 Å². The van der Waals surface area contributed by atoms with Gasteiger partial charge in [-0.25, -0.2) is 0 Å². The topological polar surface area (TPSA) is 23.9 Å². The summed E-state index contributed by atoms with van der Waals surface area (Å²) >= 11 is 0. The van der Waals surface area contributed by atoms with Crippen molar-refractivity contribution in [3.8, 4) is 0 Å². The Morgan fingerprint density at radius 1 is 1.24 bits per heavy atom. The Morgan fingerprint density at radius 2 is 1.88 bits per heavy atom. The minimum absolute atomic E-state index is 0.0891. The molecule has 0 spiro atoms. The normalized spacial score (nSPS) is 16.5. The Labute approximate surface area is 111 Å². The van der Waals surface area contributed by atoms with Crippen molar-refractivity contribution in [2.24, 2.45) is 11.8 Å². The van der Waals surface area contributed by atoms with Crippen LogP contribution in [0.2, 0.25) is 0 Å². The molecule has 1 nitrogen and oxygen atoms in total. The van der Waals surface area contributed by atoms with Crippen LogP contribution in [-0.2, 0) is 10.7 Å². The van der Waals surface area contributed by atoms with Gasteiger partial charge in [-0.2, -0.15) is 0 Å². The van der Waals surface area contributed by atoms with Gasteiger partial charge in [-0.05, 0) is 31.1 Å². The zero-order valence-corrected chi connectivity index (χ0v) is 13.0. The second-order valence-corrected chi connectivity index (χ2v) is 6.96. The summed E-state index contributed by atoms with van der Waals surface area (Å²) in [5.74, 6) is 3.60. The molecule has 0 aliphatic heterocycles. The molecule has 0 heterocycles.